The summed E-state index contributed by atoms with van der Waals surface area (Å²) in [7, 11) is -3.05. The van der Waals surface area contributed by atoms with Crippen molar-refractivity contribution in [2.24, 2.45) is 5.92 Å². The van der Waals surface area contributed by atoms with E-state index in [0.717, 1.165) is 13.1 Å². The Morgan fingerprint density at radius 1 is 1.24 bits per heavy atom. The molecule has 2 rings (SSSR count). The fraction of sp³-hybridized carbons (Fsp3) is 1.00. The lowest BCUT2D eigenvalue weighted by Crippen LogP contribution is -2.38. The number of nitrogens with one attached hydrogen (secondary N) is 1. The molecule has 2 atom stereocenters. The van der Waals surface area contributed by atoms with E-state index in [1.165, 1.54) is 19.3 Å². The Labute approximate surface area is 111 Å². The molecular formula is C11H23ClN2O2S. The summed E-state index contributed by atoms with van der Waals surface area (Å²) < 4.78 is 25.8. The molecule has 6 heteroatoms. The van der Waals surface area contributed by atoms with Gasteiger partial charge in [0.15, 0.2) is 0 Å². The highest BCUT2D eigenvalue weighted by Gasteiger charge is 2.39. The van der Waals surface area contributed by atoms with Crippen LogP contribution in [0.25, 0.3) is 0 Å². The summed E-state index contributed by atoms with van der Waals surface area (Å²) in [6.45, 7) is 5.95. The van der Waals surface area contributed by atoms with Crippen LogP contribution in [0, 0.1) is 5.92 Å². The fourth-order valence-electron chi connectivity index (χ4n) is 2.68. The quantitative estimate of drug-likeness (QED) is 0.829. The van der Waals surface area contributed by atoms with Gasteiger partial charge in [-0.25, -0.2) is 8.42 Å². The minimum absolute atomic E-state index is 0. The molecule has 2 saturated heterocycles. The highest BCUT2D eigenvalue weighted by Crippen LogP contribution is 2.27. The molecule has 0 aromatic rings. The molecule has 0 aromatic carbocycles. The number of nitrogens with zero attached hydrogens (tertiary/aromatic N) is 1. The molecule has 2 fully saturated rings. The van der Waals surface area contributed by atoms with Crippen molar-refractivity contribution in [2.75, 3.05) is 19.6 Å². The van der Waals surface area contributed by atoms with Gasteiger partial charge >= 0.3 is 0 Å². The van der Waals surface area contributed by atoms with Gasteiger partial charge in [0.1, 0.15) is 0 Å². The van der Waals surface area contributed by atoms with E-state index >= 15 is 0 Å². The Morgan fingerprint density at radius 2 is 1.94 bits per heavy atom. The van der Waals surface area contributed by atoms with Crippen LogP contribution in [0.5, 0.6) is 0 Å². The molecule has 0 spiro atoms. The molecule has 0 radical (unpaired) electrons. The van der Waals surface area contributed by atoms with E-state index in [2.05, 4.69) is 5.32 Å². The summed E-state index contributed by atoms with van der Waals surface area (Å²) in [5.41, 5.74) is 0. The molecule has 0 aliphatic carbocycles. The number of halogens is 1. The van der Waals surface area contributed by atoms with Crippen molar-refractivity contribution in [1.82, 2.24) is 9.62 Å². The average Bonchev–Trinajstić information content (AvgIpc) is 2.51. The number of rotatable bonds is 2. The maximum absolute atomic E-state index is 12.1. The largest absolute Gasteiger partial charge is 0.312 e. The van der Waals surface area contributed by atoms with Gasteiger partial charge in [0, 0.05) is 19.1 Å². The SMILES string of the molecule is CC(C)S(=O)(=O)N1C[C@@H]2CCCCN[C@@H]2C1.Cl. The molecule has 2 heterocycles. The average molecular weight is 283 g/mol. The Bertz CT molecular complexity index is 331. The predicted octanol–water partition coefficient (Wildman–Crippen LogP) is 1.22. The normalized spacial score (nSPS) is 30.8. The topological polar surface area (TPSA) is 49.4 Å². The molecule has 0 saturated carbocycles. The van der Waals surface area contributed by atoms with E-state index in [4.69, 9.17) is 0 Å². The minimum atomic E-state index is -3.05. The van der Waals surface area contributed by atoms with Crippen molar-refractivity contribution < 1.29 is 8.42 Å². The predicted molar refractivity (Wildman–Crippen MR) is 72.0 cm³/mol. The van der Waals surface area contributed by atoms with Crippen molar-refractivity contribution in [3.8, 4) is 0 Å². The lowest BCUT2D eigenvalue weighted by atomic mass is 9.99. The Kier molecular flexibility index (Phi) is 5.25. The zero-order chi connectivity index (χ0) is 11.8. The van der Waals surface area contributed by atoms with Gasteiger partial charge in [-0.2, -0.15) is 4.31 Å². The molecule has 2 aliphatic heterocycles. The number of hydrogen-bond acceptors (Lipinski definition) is 3. The van der Waals surface area contributed by atoms with Crippen LogP contribution in [-0.2, 0) is 10.0 Å². The van der Waals surface area contributed by atoms with E-state index in [-0.39, 0.29) is 17.7 Å². The van der Waals surface area contributed by atoms with Gasteiger partial charge < -0.3 is 5.32 Å². The zero-order valence-corrected chi connectivity index (χ0v) is 12.2. The third kappa shape index (κ3) is 3.13. The van der Waals surface area contributed by atoms with Crippen LogP contribution >= 0.6 is 12.4 Å². The Hall–Kier alpha value is 0.160. The first kappa shape index (κ1) is 15.2. The second-order valence-corrected chi connectivity index (χ2v) is 7.72. The minimum Gasteiger partial charge on any atom is -0.312 e. The molecule has 2 aliphatic rings. The van der Waals surface area contributed by atoms with Crippen LogP contribution in [0.1, 0.15) is 33.1 Å². The second kappa shape index (κ2) is 5.87. The van der Waals surface area contributed by atoms with E-state index in [1.807, 2.05) is 0 Å². The van der Waals surface area contributed by atoms with Crippen molar-refractivity contribution in [1.29, 1.82) is 0 Å². The van der Waals surface area contributed by atoms with Gasteiger partial charge in [-0.05, 0) is 39.2 Å². The molecule has 102 valence electrons. The van der Waals surface area contributed by atoms with Crippen LogP contribution in [-0.4, -0.2) is 43.6 Å². The summed E-state index contributed by atoms with van der Waals surface area (Å²) in [4.78, 5) is 0. The summed E-state index contributed by atoms with van der Waals surface area (Å²) >= 11 is 0. The van der Waals surface area contributed by atoms with Gasteiger partial charge in [-0.3, -0.25) is 0 Å². The summed E-state index contributed by atoms with van der Waals surface area (Å²) in [6.07, 6.45) is 3.62. The lowest BCUT2D eigenvalue weighted by molar-refractivity contribution is 0.433. The van der Waals surface area contributed by atoms with Gasteiger partial charge in [0.2, 0.25) is 10.0 Å². The van der Waals surface area contributed by atoms with Crippen LogP contribution < -0.4 is 5.32 Å². The third-order valence-corrected chi connectivity index (χ3v) is 5.98. The Balaban J connectivity index is 0.00000144. The summed E-state index contributed by atoms with van der Waals surface area (Å²) in [6, 6.07) is 0.385. The molecule has 0 amide bonds. The van der Waals surface area contributed by atoms with Crippen molar-refractivity contribution in [3.63, 3.8) is 0 Å². The van der Waals surface area contributed by atoms with E-state index in [1.54, 1.807) is 18.2 Å². The van der Waals surface area contributed by atoms with Gasteiger partial charge in [-0.1, -0.05) is 6.42 Å². The second-order valence-electron chi connectivity index (χ2n) is 5.23. The molecule has 4 nitrogen and oxygen atoms in total. The fourth-order valence-corrected chi connectivity index (χ4v) is 4.04. The molecule has 0 unspecified atom stereocenters. The van der Waals surface area contributed by atoms with Gasteiger partial charge in [-0.15, -0.1) is 12.4 Å². The van der Waals surface area contributed by atoms with E-state index in [0.29, 0.717) is 18.5 Å². The van der Waals surface area contributed by atoms with E-state index < -0.39 is 10.0 Å². The van der Waals surface area contributed by atoms with Crippen LogP contribution in [0.2, 0.25) is 0 Å². The smallest absolute Gasteiger partial charge is 0.216 e. The molecule has 0 bridgehead atoms. The molecule has 0 aromatic heterocycles. The van der Waals surface area contributed by atoms with Crippen molar-refractivity contribution >= 4 is 22.4 Å². The van der Waals surface area contributed by atoms with Crippen molar-refractivity contribution in [3.05, 3.63) is 0 Å². The highest BCUT2D eigenvalue weighted by molar-refractivity contribution is 7.89. The van der Waals surface area contributed by atoms with Crippen LogP contribution in [0.3, 0.4) is 0 Å². The summed E-state index contributed by atoms with van der Waals surface area (Å²) in [5.74, 6) is 0.524. The maximum atomic E-state index is 12.1. The number of fused-ring (bicyclic) bond motifs is 1. The number of sulfonamides is 1. The third-order valence-electron chi connectivity index (χ3n) is 3.77. The van der Waals surface area contributed by atoms with Crippen molar-refractivity contribution in [2.45, 2.75) is 44.4 Å². The molecule has 1 N–H and O–H groups in total. The number of hydrogen-bond donors (Lipinski definition) is 1. The van der Waals surface area contributed by atoms with Gasteiger partial charge in [0.25, 0.3) is 0 Å². The monoisotopic (exact) mass is 282 g/mol. The molecule has 17 heavy (non-hydrogen) atoms. The first-order valence-electron chi connectivity index (χ1n) is 6.24. The first-order valence-corrected chi connectivity index (χ1v) is 7.74. The molecular weight excluding hydrogens is 260 g/mol. The summed E-state index contributed by atoms with van der Waals surface area (Å²) in [5, 5.41) is 3.18. The highest BCUT2D eigenvalue weighted by atomic mass is 35.5. The van der Waals surface area contributed by atoms with Gasteiger partial charge in [0.05, 0.1) is 5.25 Å². The Morgan fingerprint density at radius 3 is 2.59 bits per heavy atom. The van der Waals surface area contributed by atoms with Crippen LogP contribution in [0.15, 0.2) is 0 Å². The van der Waals surface area contributed by atoms with E-state index in [9.17, 15) is 8.42 Å². The van der Waals surface area contributed by atoms with Crippen LogP contribution in [0.4, 0.5) is 0 Å². The maximum Gasteiger partial charge on any atom is 0.216 e. The standard InChI is InChI=1S/C11H22N2O2S.ClH/c1-9(2)16(14,15)13-7-10-5-3-4-6-12-11(10)8-13;/h9-12H,3-8H2,1-2H3;1H/t10-,11+;/m0./s1. The first-order chi connectivity index (χ1) is 7.51. The lowest BCUT2D eigenvalue weighted by Gasteiger charge is -2.19. The zero-order valence-electron chi connectivity index (χ0n) is 10.6.